The molecule has 5 aliphatic heterocycles. The van der Waals surface area contributed by atoms with Gasteiger partial charge in [-0.1, -0.05) is 41.9 Å². The Bertz CT molecular complexity index is 3760. The van der Waals surface area contributed by atoms with Crippen LogP contribution >= 0.6 is 11.6 Å². The minimum atomic E-state index is -3.88. The molecule has 5 N–H and O–H groups in total. The molecule has 0 aliphatic carbocycles. The minimum Gasteiger partial charge on any atom is -0.369 e. The van der Waals surface area contributed by atoms with Gasteiger partial charge in [0.05, 0.1) is 39.4 Å². The largest absolute Gasteiger partial charge is 0.369 e. The van der Waals surface area contributed by atoms with E-state index in [-0.39, 0.29) is 46.1 Å². The van der Waals surface area contributed by atoms with Gasteiger partial charge in [-0.15, -0.1) is 0 Å². The molecule has 5 aromatic carbocycles. The summed E-state index contributed by atoms with van der Waals surface area (Å²) in [6, 6.07) is 37.7. The van der Waals surface area contributed by atoms with Crippen LogP contribution in [-0.4, -0.2) is 287 Å². The monoisotopic (exact) mass is 1540 g/mol. The molecule has 5 aliphatic rings. The normalized spacial score (nSPS) is 17.3. The summed E-state index contributed by atoms with van der Waals surface area (Å²) in [5.41, 5.74) is 5.04. The molecule has 0 aromatic heterocycles. The van der Waals surface area contributed by atoms with Gasteiger partial charge in [0, 0.05) is 171 Å². The molecule has 28 nitrogen and oxygen atoms in total. The Labute approximate surface area is 598 Å². The number of nitrogens with zero attached hydrogens (tertiary/aromatic N) is 11. The number of nitro benzene ring substituents is 1. The summed E-state index contributed by atoms with van der Waals surface area (Å²) >= 11 is 5.87. The summed E-state index contributed by atoms with van der Waals surface area (Å²) in [7, 11) is -19.3. The van der Waals surface area contributed by atoms with Crippen LogP contribution in [0, 0.1) is 21.7 Å². The van der Waals surface area contributed by atoms with Gasteiger partial charge in [-0.2, -0.15) is 42.1 Å². The highest BCUT2D eigenvalue weighted by molar-refractivity contribution is 7.86. The van der Waals surface area contributed by atoms with Crippen molar-refractivity contribution in [2.45, 2.75) is 32.1 Å². The second-order valence-corrected chi connectivity index (χ2v) is 33.2. The molecule has 564 valence electrons. The maximum atomic E-state index is 13.7. The topological polar surface area (TPSA) is 347 Å². The molecular formula is C65H96ClF2N11O17S5. The van der Waals surface area contributed by atoms with Crippen molar-refractivity contribution < 1.29 is 78.6 Å². The maximum Gasteiger partial charge on any atom is 0.269 e. The zero-order valence-electron chi connectivity index (χ0n) is 56.6. The fourth-order valence-electron chi connectivity index (χ4n) is 11.9. The number of anilines is 5. The Morgan fingerprint density at radius 1 is 0.337 bits per heavy atom. The lowest BCUT2D eigenvalue weighted by molar-refractivity contribution is -0.384. The summed E-state index contributed by atoms with van der Waals surface area (Å²) in [5.74, 6) is -1.37. The highest BCUT2D eigenvalue weighted by Gasteiger charge is 2.24. The number of hydrogen-bond donors (Lipinski definition) is 5. The third-order valence-corrected chi connectivity index (χ3v) is 21.6. The third-order valence-electron chi connectivity index (χ3n) is 17.4. The van der Waals surface area contributed by atoms with Crippen LogP contribution < -0.4 is 24.5 Å². The van der Waals surface area contributed by atoms with Gasteiger partial charge in [0.15, 0.2) is 0 Å². The van der Waals surface area contributed by atoms with E-state index in [2.05, 4.69) is 56.2 Å². The SMILES string of the molecule is O=S(=O)(O)CCCN1CCN(c2ccc(Cl)cc2)CC1.O=S(=O)(O)CCCN1CCN(c2ccc(F)cc2)CC1.O=S(=O)(O)CCCN1CCN(c2ccccc2)CC1.O=S(=O)(O)CCCN1CCN(c2ccccc2F)CC1.O=[N+]([O-])c1ccc(N2CCN(CCCS(=O)(=O)O)CC2)cc1. The molecular weight excluding hydrogens is 1440 g/mol. The third kappa shape index (κ3) is 34.4. The smallest absolute Gasteiger partial charge is 0.269 e. The van der Waals surface area contributed by atoms with Gasteiger partial charge in [-0.05, 0) is 150 Å². The number of nitro groups is 1. The Balaban J connectivity index is 0.000000199. The number of non-ortho nitro benzene ring substituents is 1. The van der Waals surface area contributed by atoms with E-state index in [9.17, 15) is 61.0 Å². The van der Waals surface area contributed by atoms with Crippen LogP contribution in [0.2, 0.25) is 5.02 Å². The Morgan fingerprint density at radius 2 is 0.584 bits per heavy atom. The zero-order valence-corrected chi connectivity index (χ0v) is 61.4. The van der Waals surface area contributed by atoms with Crippen LogP contribution in [-0.2, 0) is 50.6 Å². The van der Waals surface area contributed by atoms with Crippen molar-refractivity contribution in [1.29, 1.82) is 0 Å². The highest BCUT2D eigenvalue weighted by atomic mass is 35.5. The molecule has 0 bridgehead atoms. The van der Waals surface area contributed by atoms with E-state index >= 15 is 0 Å². The van der Waals surface area contributed by atoms with Gasteiger partial charge in [0.2, 0.25) is 0 Å². The summed E-state index contributed by atoms with van der Waals surface area (Å²) in [4.78, 5) is 32.0. The fraction of sp³-hybridized carbons (Fsp3) is 0.538. The van der Waals surface area contributed by atoms with E-state index in [4.69, 9.17) is 34.4 Å². The fourth-order valence-corrected chi connectivity index (χ4v) is 14.5. The van der Waals surface area contributed by atoms with Crippen LogP contribution in [0.5, 0.6) is 0 Å². The summed E-state index contributed by atoms with van der Waals surface area (Å²) in [5, 5.41) is 11.4. The predicted molar refractivity (Wildman–Crippen MR) is 392 cm³/mol. The highest BCUT2D eigenvalue weighted by Crippen LogP contribution is 2.24. The second kappa shape index (κ2) is 41.5. The molecule has 101 heavy (non-hydrogen) atoms. The molecule has 36 heteroatoms. The van der Waals surface area contributed by atoms with E-state index in [1.807, 2.05) is 53.4 Å². The van der Waals surface area contributed by atoms with Gasteiger partial charge in [-0.25, -0.2) is 8.78 Å². The summed E-state index contributed by atoms with van der Waals surface area (Å²) < 4.78 is 176. The quantitative estimate of drug-likeness (QED) is 0.0231. The van der Waals surface area contributed by atoms with E-state index in [1.165, 1.54) is 36.0 Å². The van der Waals surface area contributed by atoms with E-state index < -0.39 is 55.5 Å². The van der Waals surface area contributed by atoms with Crippen molar-refractivity contribution in [2.75, 3.05) is 217 Å². The molecule has 5 aromatic rings. The van der Waals surface area contributed by atoms with Gasteiger partial charge in [0.1, 0.15) is 11.6 Å². The number of hydrogen-bond acceptors (Lipinski definition) is 22. The van der Waals surface area contributed by atoms with Crippen molar-refractivity contribution in [3.63, 3.8) is 0 Å². The van der Waals surface area contributed by atoms with Gasteiger partial charge in [-0.3, -0.25) is 57.4 Å². The Morgan fingerprint density at radius 3 is 0.861 bits per heavy atom. The van der Waals surface area contributed by atoms with Crippen LogP contribution in [0.4, 0.5) is 42.9 Å². The molecule has 0 radical (unpaired) electrons. The lowest BCUT2D eigenvalue weighted by Gasteiger charge is -2.36. The molecule has 0 unspecified atom stereocenters. The first kappa shape index (κ1) is 83.9. The summed E-state index contributed by atoms with van der Waals surface area (Å²) in [6.45, 7) is 20.2. The van der Waals surface area contributed by atoms with Crippen LogP contribution in [0.25, 0.3) is 0 Å². The van der Waals surface area contributed by atoms with Gasteiger partial charge >= 0.3 is 0 Å². The van der Waals surface area contributed by atoms with E-state index in [1.54, 1.807) is 36.4 Å². The average molecular weight is 1540 g/mol. The molecule has 5 fully saturated rings. The van der Waals surface area contributed by atoms with Gasteiger partial charge in [0.25, 0.3) is 56.3 Å². The standard InChI is InChI=1S/C13H19ClN2O3S.2C13H19FN2O3S.C13H19N3O5S.C13H20N2O3S/c2*14-12-2-4-13(5-3-12)16-9-7-15(8-10-16)6-1-11-20(17,18)19;14-12-4-1-2-5-13(12)16-9-7-15(8-10-16)6-3-11-20(17,18)19;17-16(18)13-4-2-12(3-5-13)15-9-7-14(8-10-15)6-1-11-22(19,20)21;16-19(17,18)12-4-7-14-8-10-15(11-9-14)13-5-2-1-3-6-13/h2*2-5H,1,6-11H2,(H,17,18,19);1-2,4-5H,3,6-11H2,(H,17,18,19);2-5H,1,6-11H2,(H,19,20,21);1-3,5-6H,4,7-12H2,(H,16,17,18). The molecule has 0 amide bonds. The number of benzene rings is 5. The van der Waals surface area contributed by atoms with Gasteiger partial charge < -0.3 is 24.5 Å². The maximum absolute atomic E-state index is 13.7. The molecule has 5 heterocycles. The lowest BCUT2D eigenvalue weighted by atomic mass is 10.2. The Hall–Kier alpha value is -6.00. The van der Waals surface area contributed by atoms with Crippen molar-refractivity contribution in [3.8, 4) is 0 Å². The molecule has 0 spiro atoms. The number of halogens is 3. The Kier molecular flexibility index (Phi) is 34.5. The zero-order chi connectivity index (χ0) is 73.6. The molecule has 0 saturated carbocycles. The summed E-state index contributed by atoms with van der Waals surface area (Å²) in [6.07, 6.45) is 2.23. The van der Waals surface area contributed by atoms with Crippen molar-refractivity contribution in [3.05, 3.63) is 154 Å². The van der Waals surface area contributed by atoms with Crippen molar-refractivity contribution >= 4 is 96.3 Å². The van der Waals surface area contributed by atoms with Crippen LogP contribution in [0.3, 0.4) is 0 Å². The number of piperazine rings is 5. The van der Waals surface area contributed by atoms with Crippen LogP contribution in [0.1, 0.15) is 32.1 Å². The minimum absolute atomic E-state index is 0.0765. The lowest BCUT2D eigenvalue weighted by Crippen LogP contribution is -2.47. The van der Waals surface area contributed by atoms with E-state index in [0.29, 0.717) is 77.1 Å². The first-order valence-electron chi connectivity index (χ1n) is 33.4. The number of para-hydroxylation sites is 2. The second-order valence-electron chi connectivity index (χ2n) is 24.9. The predicted octanol–water partition coefficient (Wildman–Crippen LogP) is 6.27. The first-order chi connectivity index (χ1) is 47.7. The number of rotatable bonds is 26. The average Bonchev–Trinajstić information content (AvgIpc) is 0.888. The molecule has 5 saturated heterocycles. The molecule has 0 atom stereocenters. The van der Waals surface area contributed by atoms with E-state index in [0.717, 1.165) is 146 Å². The van der Waals surface area contributed by atoms with Crippen LogP contribution in [0.15, 0.2) is 127 Å². The first-order valence-corrected chi connectivity index (χ1v) is 41.8. The molecule has 10 rings (SSSR count). The van der Waals surface area contributed by atoms with Crippen molar-refractivity contribution in [2.24, 2.45) is 0 Å². The van der Waals surface area contributed by atoms with Crippen molar-refractivity contribution in [1.82, 2.24) is 24.5 Å².